The molecule has 4 N–H and O–H groups in total. The Morgan fingerprint density at radius 1 is 1.68 bits per heavy atom. The zero-order valence-corrected chi connectivity index (χ0v) is 11.3. The maximum absolute atomic E-state index is 11.8. The smallest absolute Gasteiger partial charge is 0.273 e. The van der Waals surface area contributed by atoms with E-state index in [0.717, 1.165) is 0 Å². The number of ether oxygens (including phenoxy) is 1. The zero-order chi connectivity index (χ0) is 14.3. The second kappa shape index (κ2) is 7.17. The third-order valence-electron chi connectivity index (χ3n) is 2.60. The standard InChI is InChI=1S/C11H21N5O3/c1-11(18,3-6-19-2)8-13-10(17)9-7-16(5-4-12)15-14-9/h7,18H,3-6,8,12H2,1-2H3,(H,13,17). The van der Waals surface area contributed by atoms with Gasteiger partial charge in [-0.3, -0.25) is 9.48 Å². The molecule has 0 bridgehead atoms. The van der Waals surface area contributed by atoms with Gasteiger partial charge < -0.3 is 20.9 Å². The maximum Gasteiger partial charge on any atom is 0.273 e. The quantitative estimate of drug-likeness (QED) is 0.544. The van der Waals surface area contributed by atoms with E-state index < -0.39 is 5.60 Å². The first kappa shape index (κ1) is 15.5. The topological polar surface area (TPSA) is 115 Å². The summed E-state index contributed by atoms with van der Waals surface area (Å²) in [4.78, 5) is 11.8. The minimum atomic E-state index is -1.01. The highest BCUT2D eigenvalue weighted by molar-refractivity contribution is 5.91. The molecule has 8 heteroatoms. The summed E-state index contributed by atoms with van der Waals surface area (Å²) in [6.45, 7) is 3.12. The molecule has 1 heterocycles. The van der Waals surface area contributed by atoms with Crippen LogP contribution in [0.5, 0.6) is 0 Å². The summed E-state index contributed by atoms with van der Waals surface area (Å²) in [5, 5.41) is 20.1. The second-order valence-electron chi connectivity index (χ2n) is 4.58. The Labute approximate surface area is 111 Å². The molecule has 108 valence electrons. The Morgan fingerprint density at radius 3 is 3.05 bits per heavy atom. The Hall–Kier alpha value is -1.51. The molecule has 1 atom stereocenters. The number of aromatic nitrogens is 3. The van der Waals surface area contributed by atoms with E-state index in [4.69, 9.17) is 10.5 Å². The van der Waals surface area contributed by atoms with Gasteiger partial charge in [0.15, 0.2) is 5.69 Å². The average Bonchev–Trinajstić information content (AvgIpc) is 2.83. The van der Waals surface area contributed by atoms with Crippen molar-refractivity contribution in [3.63, 3.8) is 0 Å². The number of aliphatic hydroxyl groups is 1. The van der Waals surface area contributed by atoms with Gasteiger partial charge in [0.25, 0.3) is 5.91 Å². The van der Waals surface area contributed by atoms with Gasteiger partial charge in [0.05, 0.1) is 18.3 Å². The number of rotatable bonds is 8. The SMILES string of the molecule is COCCC(C)(O)CNC(=O)c1cn(CCN)nn1. The normalized spacial score (nSPS) is 14.1. The van der Waals surface area contributed by atoms with E-state index in [-0.39, 0.29) is 18.1 Å². The van der Waals surface area contributed by atoms with Crippen LogP contribution in [0, 0.1) is 0 Å². The molecule has 0 spiro atoms. The van der Waals surface area contributed by atoms with Gasteiger partial charge in [-0.05, 0) is 6.92 Å². The van der Waals surface area contributed by atoms with Crippen molar-refractivity contribution < 1.29 is 14.6 Å². The molecule has 1 amide bonds. The predicted molar refractivity (Wildman–Crippen MR) is 68.5 cm³/mol. The number of nitrogens with two attached hydrogens (primary N) is 1. The number of nitrogens with zero attached hydrogens (tertiary/aromatic N) is 3. The van der Waals surface area contributed by atoms with Gasteiger partial charge in [-0.15, -0.1) is 5.10 Å². The summed E-state index contributed by atoms with van der Waals surface area (Å²) in [6, 6.07) is 0. The van der Waals surface area contributed by atoms with Crippen molar-refractivity contribution >= 4 is 5.91 Å². The van der Waals surface area contributed by atoms with Crippen molar-refractivity contribution in [1.82, 2.24) is 20.3 Å². The highest BCUT2D eigenvalue weighted by atomic mass is 16.5. The number of hydrogen-bond acceptors (Lipinski definition) is 6. The Bertz CT molecular complexity index is 405. The fraction of sp³-hybridized carbons (Fsp3) is 0.727. The van der Waals surface area contributed by atoms with Crippen molar-refractivity contribution in [2.45, 2.75) is 25.5 Å². The lowest BCUT2D eigenvalue weighted by atomic mass is 10.0. The van der Waals surface area contributed by atoms with Crippen molar-refractivity contribution in [1.29, 1.82) is 0 Å². The van der Waals surface area contributed by atoms with Gasteiger partial charge in [0, 0.05) is 33.2 Å². The lowest BCUT2D eigenvalue weighted by Gasteiger charge is -2.22. The summed E-state index contributed by atoms with van der Waals surface area (Å²) in [5.74, 6) is -0.374. The van der Waals surface area contributed by atoms with Gasteiger partial charge in [0.2, 0.25) is 0 Å². The van der Waals surface area contributed by atoms with Gasteiger partial charge in [-0.25, -0.2) is 0 Å². The molecule has 1 unspecified atom stereocenters. The van der Waals surface area contributed by atoms with E-state index in [2.05, 4.69) is 15.6 Å². The summed E-state index contributed by atoms with van der Waals surface area (Å²) in [7, 11) is 1.56. The van der Waals surface area contributed by atoms with Crippen LogP contribution in [0.4, 0.5) is 0 Å². The Balaban J connectivity index is 2.45. The minimum absolute atomic E-state index is 0.124. The summed E-state index contributed by atoms with van der Waals surface area (Å²) < 4.78 is 6.39. The molecule has 0 fully saturated rings. The number of carbonyl (C=O) groups is 1. The molecule has 0 aliphatic heterocycles. The molecule has 1 aromatic rings. The van der Waals surface area contributed by atoms with E-state index in [0.29, 0.717) is 26.1 Å². The zero-order valence-electron chi connectivity index (χ0n) is 11.3. The first-order valence-corrected chi connectivity index (χ1v) is 6.08. The molecule has 8 nitrogen and oxygen atoms in total. The first-order chi connectivity index (χ1) is 8.98. The molecule has 0 radical (unpaired) electrons. The lowest BCUT2D eigenvalue weighted by Crippen LogP contribution is -2.41. The molecule has 1 rings (SSSR count). The van der Waals surface area contributed by atoms with Crippen LogP contribution >= 0.6 is 0 Å². The van der Waals surface area contributed by atoms with Gasteiger partial charge >= 0.3 is 0 Å². The highest BCUT2D eigenvalue weighted by Crippen LogP contribution is 2.07. The Kier molecular flexibility index (Phi) is 5.87. The molecule has 0 saturated carbocycles. The second-order valence-corrected chi connectivity index (χ2v) is 4.58. The van der Waals surface area contributed by atoms with Crippen LogP contribution in [-0.2, 0) is 11.3 Å². The molecule has 0 aliphatic carbocycles. The molecule has 0 saturated heterocycles. The number of methoxy groups -OCH3 is 1. The van der Waals surface area contributed by atoms with Crippen molar-refractivity contribution in [3.05, 3.63) is 11.9 Å². The number of nitrogens with one attached hydrogen (secondary N) is 1. The monoisotopic (exact) mass is 271 g/mol. The summed E-state index contributed by atoms with van der Waals surface area (Å²) >= 11 is 0. The van der Waals surface area contributed by atoms with E-state index in [1.165, 1.54) is 10.9 Å². The van der Waals surface area contributed by atoms with Crippen LogP contribution in [0.3, 0.4) is 0 Å². The largest absolute Gasteiger partial charge is 0.388 e. The number of hydrogen-bond donors (Lipinski definition) is 3. The van der Waals surface area contributed by atoms with Crippen LogP contribution < -0.4 is 11.1 Å². The highest BCUT2D eigenvalue weighted by Gasteiger charge is 2.22. The van der Waals surface area contributed by atoms with Gasteiger partial charge in [0.1, 0.15) is 0 Å². The Morgan fingerprint density at radius 2 is 2.42 bits per heavy atom. The maximum atomic E-state index is 11.8. The van der Waals surface area contributed by atoms with E-state index in [1.807, 2.05) is 0 Å². The lowest BCUT2D eigenvalue weighted by molar-refractivity contribution is 0.0243. The molecule has 19 heavy (non-hydrogen) atoms. The fourth-order valence-electron chi connectivity index (χ4n) is 1.42. The van der Waals surface area contributed by atoms with E-state index in [1.54, 1.807) is 14.0 Å². The average molecular weight is 271 g/mol. The van der Waals surface area contributed by atoms with Crippen LogP contribution in [0.15, 0.2) is 6.20 Å². The van der Waals surface area contributed by atoms with E-state index in [9.17, 15) is 9.90 Å². The predicted octanol–water partition coefficient (Wildman–Crippen LogP) is -1.25. The molecule has 0 aliphatic rings. The van der Waals surface area contributed by atoms with Gasteiger partial charge in [-0.1, -0.05) is 5.21 Å². The van der Waals surface area contributed by atoms with Gasteiger partial charge in [-0.2, -0.15) is 0 Å². The van der Waals surface area contributed by atoms with Crippen LogP contribution in [-0.4, -0.2) is 58.4 Å². The molecular weight excluding hydrogens is 250 g/mol. The number of carbonyl (C=O) groups excluding carboxylic acids is 1. The van der Waals surface area contributed by atoms with E-state index >= 15 is 0 Å². The number of amides is 1. The summed E-state index contributed by atoms with van der Waals surface area (Å²) in [6.07, 6.45) is 1.95. The van der Waals surface area contributed by atoms with Crippen LogP contribution in [0.25, 0.3) is 0 Å². The van der Waals surface area contributed by atoms with Crippen molar-refractivity contribution in [2.24, 2.45) is 5.73 Å². The third kappa shape index (κ3) is 5.33. The molecule has 0 aromatic carbocycles. The molecular formula is C11H21N5O3. The first-order valence-electron chi connectivity index (χ1n) is 6.08. The molecule has 1 aromatic heterocycles. The summed E-state index contributed by atoms with van der Waals surface area (Å²) in [5.41, 5.74) is 4.56. The van der Waals surface area contributed by atoms with Crippen molar-refractivity contribution in [3.8, 4) is 0 Å². The fourth-order valence-corrected chi connectivity index (χ4v) is 1.42. The van der Waals surface area contributed by atoms with Crippen LogP contribution in [0.1, 0.15) is 23.8 Å². The van der Waals surface area contributed by atoms with Crippen LogP contribution in [0.2, 0.25) is 0 Å². The minimum Gasteiger partial charge on any atom is -0.388 e. The van der Waals surface area contributed by atoms with Crippen molar-refractivity contribution in [2.75, 3.05) is 26.8 Å². The third-order valence-corrected chi connectivity index (χ3v) is 2.60.